The largest absolute Gasteiger partial charge is 0.480 e. The maximum absolute atomic E-state index is 12.1. The number of hydrogen-bond acceptors (Lipinski definition) is 6. The van der Waals surface area contributed by atoms with Crippen molar-refractivity contribution in [2.45, 2.75) is 19.4 Å². The molecule has 0 saturated carbocycles. The lowest BCUT2D eigenvalue weighted by molar-refractivity contribution is 0.0226. The first-order valence-corrected chi connectivity index (χ1v) is 7.40. The average molecular weight is 308 g/mol. The van der Waals surface area contributed by atoms with Gasteiger partial charge >= 0.3 is 6.03 Å². The highest BCUT2D eigenvalue weighted by Gasteiger charge is 2.23. The van der Waals surface area contributed by atoms with Crippen LogP contribution >= 0.6 is 0 Å². The Kier molecular flexibility index (Phi) is 4.69. The van der Waals surface area contributed by atoms with Gasteiger partial charge in [-0.15, -0.1) is 5.10 Å². The molecule has 2 aliphatic heterocycles. The summed E-state index contributed by atoms with van der Waals surface area (Å²) in [5.41, 5.74) is 4.37. The summed E-state index contributed by atoms with van der Waals surface area (Å²) < 4.78 is 10.3. The number of fused-ring (bicyclic) bond motifs is 1. The predicted octanol–water partition coefficient (Wildman–Crippen LogP) is 0.521. The quantitative estimate of drug-likeness (QED) is 0.816. The molecule has 2 aliphatic rings. The van der Waals surface area contributed by atoms with E-state index in [9.17, 15) is 4.79 Å². The zero-order valence-corrected chi connectivity index (χ0v) is 12.6. The van der Waals surface area contributed by atoms with Crippen molar-refractivity contribution in [1.29, 1.82) is 0 Å². The Morgan fingerprint density at radius 2 is 2.45 bits per heavy atom. The molecule has 22 heavy (non-hydrogen) atoms. The fraction of sp³-hybridized carbons (Fsp3) is 0.643. The summed E-state index contributed by atoms with van der Waals surface area (Å²) in [6.45, 7) is 3.02. The van der Waals surface area contributed by atoms with Crippen molar-refractivity contribution in [1.82, 2.24) is 20.6 Å². The molecule has 3 heterocycles. The summed E-state index contributed by atoms with van der Waals surface area (Å²) >= 11 is 0. The average Bonchev–Trinajstić information content (AvgIpc) is 3.07. The van der Waals surface area contributed by atoms with Crippen LogP contribution in [-0.4, -0.2) is 54.6 Å². The Hall–Kier alpha value is -1.93. The summed E-state index contributed by atoms with van der Waals surface area (Å²) in [4.78, 5) is 19.1. The third kappa shape index (κ3) is 3.45. The van der Waals surface area contributed by atoms with Gasteiger partial charge in [0.1, 0.15) is 0 Å². The molecule has 0 aliphatic carbocycles. The zero-order valence-electron chi connectivity index (χ0n) is 12.6. The van der Waals surface area contributed by atoms with Crippen molar-refractivity contribution >= 4 is 6.03 Å². The molecular formula is C14H20N4O4. The number of hydrogen-bond donors (Lipinski definition) is 1. The second-order valence-corrected chi connectivity index (χ2v) is 5.48. The van der Waals surface area contributed by atoms with Gasteiger partial charge in [-0.3, -0.25) is 4.84 Å². The monoisotopic (exact) mass is 308 g/mol. The minimum atomic E-state index is -0.236. The van der Waals surface area contributed by atoms with Crippen LogP contribution in [0.1, 0.15) is 17.7 Å². The highest BCUT2D eigenvalue weighted by molar-refractivity contribution is 5.73. The van der Waals surface area contributed by atoms with Crippen molar-refractivity contribution in [2.24, 2.45) is 5.92 Å². The topological polar surface area (TPSA) is 85.8 Å². The Morgan fingerprint density at radius 3 is 3.23 bits per heavy atom. The van der Waals surface area contributed by atoms with Gasteiger partial charge in [-0.25, -0.2) is 10.3 Å². The van der Waals surface area contributed by atoms with Crippen molar-refractivity contribution in [3.63, 3.8) is 0 Å². The smallest absolute Gasteiger partial charge is 0.341 e. The number of amides is 2. The molecule has 8 heteroatoms. The second kappa shape index (κ2) is 6.89. The first-order chi connectivity index (χ1) is 10.8. The fourth-order valence-corrected chi connectivity index (χ4v) is 2.58. The van der Waals surface area contributed by atoms with E-state index in [1.54, 1.807) is 12.0 Å². The number of aromatic nitrogens is 2. The number of carbonyl (C=O) groups excluding carboxylic acids is 1. The third-order valence-electron chi connectivity index (χ3n) is 3.92. The molecule has 120 valence electrons. The van der Waals surface area contributed by atoms with Crippen molar-refractivity contribution < 1.29 is 19.1 Å². The summed E-state index contributed by atoms with van der Waals surface area (Å²) in [5, 5.41) is 8.07. The fourth-order valence-electron chi connectivity index (χ4n) is 2.58. The Bertz CT molecular complexity index is 534. The standard InChI is InChI=1S/C14H20N4O4/c1-20-13-6-11-7-18(4-2-12(11)15-16-13)14(19)17-22-9-10-3-5-21-8-10/h6,10H,2-5,7-9H2,1H3,(H,17,19). The normalized spacial score (nSPS) is 20.6. The van der Waals surface area contributed by atoms with Gasteiger partial charge in [0.15, 0.2) is 0 Å². The van der Waals surface area contributed by atoms with Gasteiger partial charge in [0.25, 0.3) is 0 Å². The van der Waals surface area contributed by atoms with Crippen LogP contribution in [0, 0.1) is 5.92 Å². The van der Waals surface area contributed by atoms with Gasteiger partial charge in [0.05, 0.1) is 26.0 Å². The highest BCUT2D eigenvalue weighted by atomic mass is 16.7. The number of methoxy groups -OCH3 is 1. The molecule has 0 spiro atoms. The Morgan fingerprint density at radius 1 is 1.55 bits per heavy atom. The van der Waals surface area contributed by atoms with Gasteiger partial charge < -0.3 is 14.4 Å². The molecule has 1 N–H and O–H groups in total. The van der Waals surface area contributed by atoms with Crippen molar-refractivity contribution in [2.75, 3.05) is 33.5 Å². The van der Waals surface area contributed by atoms with E-state index < -0.39 is 0 Å². The molecule has 8 nitrogen and oxygen atoms in total. The van der Waals surface area contributed by atoms with E-state index in [1.807, 2.05) is 6.07 Å². The number of hydroxylamine groups is 1. The van der Waals surface area contributed by atoms with Crippen LogP contribution in [0.15, 0.2) is 6.07 Å². The zero-order chi connectivity index (χ0) is 15.4. The summed E-state index contributed by atoms with van der Waals surface area (Å²) in [6.07, 6.45) is 1.65. The number of nitrogens with zero attached hydrogens (tertiary/aromatic N) is 3. The molecular weight excluding hydrogens is 288 g/mol. The molecule has 1 unspecified atom stereocenters. The highest BCUT2D eigenvalue weighted by Crippen LogP contribution is 2.19. The molecule has 0 bridgehead atoms. The number of rotatable bonds is 4. The SMILES string of the molecule is COc1cc2c(nn1)CCN(C(=O)NOCC1CCOC1)C2. The Balaban J connectivity index is 1.50. The lowest BCUT2D eigenvalue weighted by Gasteiger charge is -2.27. The van der Waals surface area contributed by atoms with Crippen molar-refractivity contribution in [3.8, 4) is 5.88 Å². The number of carbonyl (C=O) groups is 1. The van der Waals surface area contributed by atoms with E-state index in [0.29, 0.717) is 44.5 Å². The van der Waals surface area contributed by atoms with Crippen LogP contribution in [0.25, 0.3) is 0 Å². The summed E-state index contributed by atoms with van der Waals surface area (Å²) in [5.74, 6) is 0.820. The summed E-state index contributed by atoms with van der Waals surface area (Å²) in [7, 11) is 1.55. The van der Waals surface area contributed by atoms with Gasteiger partial charge in [-0.05, 0) is 6.42 Å². The van der Waals surface area contributed by atoms with Crippen molar-refractivity contribution in [3.05, 3.63) is 17.3 Å². The van der Waals surface area contributed by atoms with E-state index >= 15 is 0 Å². The molecule has 2 amide bonds. The van der Waals surface area contributed by atoms with E-state index in [2.05, 4.69) is 15.7 Å². The van der Waals surface area contributed by atoms with Crippen LogP contribution in [-0.2, 0) is 22.5 Å². The molecule has 3 rings (SSSR count). The first kappa shape index (κ1) is 15.0. The predicted molar refractivity (Wildman–Crippen MR) is 76.1 cm³/mol. The van der Waals surface area contributed by atoms with Crippen LogP contribution < -0.4 is 10.2 Å². The third-order valence-corrected chi connectivity index (χ3v) is 3.92. The van der Waals surface area contributed by atoms with Crippen LogP contribution in [0.4, 0.5) is 4.79 Å². The van der Waals surface area contributed by atoms with E-state index in [4.69, 9.17) is 14.3 Å². The maximum Gasteiger partial charge on any atom is 0.341 e. The second-order valence-electron chi connectivity index (χ2n) is 5.48. The van der Waals surface area contributed by atoms with E-state index in [0.717, 1.165) is 24.3 Å². The lowest BCUT2D eigenvalue weighted by atomic mass is 10.1. The molecule has 0 aromatic carbocycles. The maximum atomic E-state index is 12.1. The van der Waals surface area contributed by atoms with Crippen LogP contribution in [0.5, 0.6) is 5.88 Å². The van der Waals surface area contributed by atoms with Gasteiger partial charge in [0.2, 0.25) is 5.88 Å². The number of urea groups is 1. The molecule has 1 aromatic rings. The molecule has 0 radical (unpaired) electrons. The Labute approximate surface area is 128 Å². The van der Waals surface area contributed by atoms with E-state index in [1.165, 1.54) is 0 Å². The molecule has 1 aromatic heterocycles. The minimum absolute atomic E-state index is 0.236. The minimum Gasteiger partial charge on any atom is -0.480 e. The first-order valence-electron chi connectivity index (χ1n) is 7.40. The van der Waals surface area contributed by atoms with Crippen LogP contribution in [0.3, 0.4) is 0 Å². The lowest BCUT2D eigenvalue weighted by Crippen LogP contribution is -2.43. The van der Waals surface area contributed by atoms with E-state index in [-0.39, 0.29) is 6.03 Å². The number of ether oxygens (including phenoxy) is 2. The molecule has 1 atom stereocenters. The summed E-state index contributed by atoms with van der Waals surface area (Å²) in [6, 6.07) is 1.58. The van der Waals surface area contributed by atoms with Crippen LogP contribution in [0.2, 0.25) is 0 Å². The molecule has 1 saturated heterocycles. The van der Waals surface area contributed by atoms with Gasteiger partial charge in [-0.1, -0.05) is 0 Å². The molecule has 1 fully saturated rings. The van der Waals surface area contributed by atoms with Gasteiger partial charge in [0, 0.05) is 43.7 Å². The number of nitrogens with one attached hydrogen (secondary N) is 1. The van der Waals surface area contributed by atoms with Gasteiger partial charge in [-0.2, -0.15) is 5.10 Å².